The van der Waals surface area contributed by atoms with Gasteiger partial charge in [0.05, 0.1) is 10.7 Å². The number of halogens is 2. The number of anilines is 2. The van der Waals surface area contributed by atoms with Crippen molar-refractivity contribution in [2.45, 2.75) is 13.3 Å². The maximum Gasteiger partial charge on any atom is 1.00 e. The van der Waals surface area contributed by atoms with E-state index in [2.05, 4.69) is 24.5 Å². The first-order chi connectivity index (χ1) is 17.8. The Labute approximate surface area is 278 Å². The summed E-state index contributed by atoms with van der Waals surface area (Å²) in [6.07, 6.45) is 6.70. The molecule has 9 heteroatoms. The van der Waals surface area contributed by atoms with Crippen LogP contribution in [0.25, 0.3) is 22.3 Å². The summed E-state index contributed by atoms with van der Waals surface area (Å²) < 4.78 is 14.7. The summed E-state index contributed by atoms with van der Waals surface area (Å²) in [5.74, 6) is 0.146. The minimum Gasteiger partial charge on any atom is -0.796 e. The molecule has 0 spiro atoms. The van der Waals surface area contributed by atoms with Crippen molar-refractivity contribution in [2.24, 2.45) is 5.92 Å². The van der Waals surface area contributed by atoms with Crippen molar-refractivity contribution in [2.75, 3.05) is 43.2 Å². The average Bonchev–Trinajstić information content (AvgIpc) is 3.33. The van der Waals surface area contributed by atoms with Crippen molar-refractivity contribution < 1.29 is 65.7 Å². The van der Waals surface area contributed by atoms with Gasteiger partial charge in [-0.1, -0.05) is 36.7 Å². The van der Waals surface area contributed by atoms with Gasteiger partial charge in [0.25, 0.3) is 0 Å². The van der Waals surface area contributed by atoms with Crippen LogP contribution in [0.5, 0.6) is 5.75 Å². The van der Waals surface area contributed by atoms with Gasteiger partial charge in [-0.3, -0.25) is 9.69 Å². The SMILES string of the molecule is CC1CCN(c2cccc(-c3cc(F)cc(-c4ccc(N(C=O)/C=C\N(C)C)c(Cl)c4)c3O)c2)C1.C[S-].[K+]. The number of phenolic OH excluding ortho intramolecular Hbond substituents is 1. The van der Waals surface area contributed by atoms with Crippen LogP contribution in [0.15, 0.2) is 67.0 Å². The van der Waals surface area contributed by atoms with Crippen LogP contribution in [0, 0.1) is 11.7 Å². The van der Waals surface area contributed by atoms with Crippen molar-refractivity contribution in [3.63, 3.8) is 0 Å². The smallest absolute Gasteiger partial charge is 0.796 e. The molecule has 0 bridgehead atoms. The summed E-state index contributed by atoms with van der Waals surface area (Å²) >= 11 is 10.6. The molecule has 1 atom stereocenters. The van der Waals surface area contributed by atoms with Crippen molar-refractivity contribution in [1.82, 2.24) is 4.90 Å². The van der Waals surface area contributed by atoms with E-state index in [1.165, 1.54) is 17.0 Å². The van der Waals surface area contributed by atoms with E-state index in [9.17, 15) is 14.3 Å². The van der Waals surface area contributed by atoms with E-state index >= 15 is 0 Å². The van der Waals surface area contributed by atoms with E-state index in [0.29, 0.717) is 39.7 Å². The number of aromatic hydroxyl groups is 1. The molecule has 1 aliphatic rings. The molecule has 0 aromatic heterocycles. The van der Waals surface area contributed by atoms with E-state index in [1.807, 2.05) is 38.4 Å². The molecular weight excluding hydrogens is 548 g/mol. The van der Waals surface area contributed by atoms with Gasteiger partial charge >= 0.3 is 51.4 Å². The Balaban J connectivity index is 0.00000165. The Kier molecular flexibility index (Phi) is 13.2. The second-order valence-electron chi connectivity index (χ2n) is 9.18. The number of carbonyl (C=O) groups is 1. The molecule has 1 heterocycles. The standard InChI is InChI=1S/C28H29ClFN3O2.CH4S.K/c1-19-9-10-32(17-19)23-6-4-5-20(13-23)24-15-22(30)16-25(28(24)35)21-7-8-27(26(29)14-21)33(18-34)12-11-31(2)3;1-2;/h4-8,11-16,18-19,35H,9-10,17H2,1-3H3;2H,1H3;/q;;+1/p-1/b12-11-;;. The predicted molar refractivity (Wildman–Crippen MR) is 155 cm³/mol. The van der Waals surface area contributed by atoms with Gasteiger partial charge in [-0.2, -0.15) is 6.26 Å². The van der Waals surface area contributed by atoms with Crippen molar-refractivity contribution in [1.29, 1.82) is 0 Å². The van der Waals surface area contributed by atoms with E-state index in [1.54, 1.807) is 41.8 Å². The third-order valence-corrected chi connectivity index (χ3v) is 6.50. The Morgan fingerprint density at radius 3 is 2.26 bits per heavy atom. The van der Waals surface area contributed by atoms with Crippen LogP contribution in [0.2, 0.25) is 5.02 Å². The number of carbonyl (C=O) groups excluding carboxylic acids is 1. The number of amides is 1. The average molecular weight is 580 g/mol. The third-order valence-electron chi connectivity index (χ3n) is 6.20. The number of nitrogens with zero attached hydrogens (tertiary/aromatic N) is 3. The zero-order valence-corrected chi connectivity index (χ0v) is 27.2. The molecule has 1 N–H and O–H groups in total. The summed E-state index contributed by atoms with van der Waals surface area (Å²) in [4.78, 5) is 17.0. The van der Waals surface area contributed by atoms with E-state index in [0.717, 1.165) is 30.8 Å². The molecule has 0 saturated carbocycles. The minimum absolute atomic E-state index is 0. The molecule has 196 valence electrons. The predicted octanol–water partition coefficient (Wildman–Crippen LogP) is 3.53. The fraction of sp³-hybridized carbons (Fsp3) is 0.276. The molecule has 0 radical (unpaired) electrons. The minimum atomic E-state index is -0.461. The number of benzene rings is 3. The van der Waals surface area contributed by atoms with Gasteiger partial charge in [-0.25, -0.2) is 4.39 Å². The first-order valence-electron chi connectivity index (χ1n) is 11.9. The van der Waals surface area contributed by atoms with Gasteiger partial charge in [0, 0.05) is 56.4 Å². The molecule has 38 heavy (non-hydrogen) atoms. The van der Waals surface area contributed by atoms with E-state index in [4.69, 9.17) is 11.6 Å². The third kappa shape index (κ3) is 8.00. The molecule has 1 fully saturated rings. The van der Waals surface area contributed by atoms with Crippen molar-refractivity contribution in [3.05, 3.63) is 77.8 Å². The molecule has 0 aliphatic carbocycles. The Morgan fingerprint density at radius 1 is 1.05 bits per heavy atom. The summed E-state index contributed by atoms with van der Waals surface area (Å²) in [5.41, 5.74) is 3.57. The van der Waals surface area contributed by atoms with Crippen LogP contribution in [0.4, 0.5) is 15.8 Å². The molecule has 1 amide bonds. The van der Waals surface area contributed by atoms with Crippen LogP contribution in [0.1, 0.15) is 13.3 Å². The molecule has 4 rings (SSSR count). The summed E-state index contributed by atoms with van der Waals surface area (Å²) in [6, 6.07) is 15.5. The number of phenols is 1. The number of hydrogen-bond acceptors (Lipinski definition) is 5. The van der Waals surface area contributed by atoms with Gasteiger partial charge in [-0.05, 0) is 59.9 Å². The Bertz CT molecular complexity index is 1270. The monoisotopic (exact) mass is 579 g/mol. The second kappa shape index (κ2) is 15.3. The molecule has 1 unspecified atom stereocenters. The molecule has 1 aliphatic heterocycles. The first-order valence-corrected chi connectivity index (χ1v) is 13.1. The Morgan fingerprint density at radius 2 is 1.71 bits per heavy atom. The zero-order valence-electron chi connectivity index (χ0n) is 22.5. The van der Waals surface area contributed by atoms with Gasteiger partial charge in [0.2, 0.25) is 6.41 Å². The summed E-state index contributed by atoms with van der Waals surface area (Å²) in [5, 5.41) is 11.5. The molecular formula is C29H32ClFKN3O2S. The first kappa shape index (κ1) is 32.7. The van der Waals surface area contributed by atoms with Gasteiger partial charge in [0.15, 0.2) is 0 Å². The van der Waals surface area contributed by atoms with Crippen LogP contribution < -0.4 is 61.2 Å². The van der Waals surface area contributed by atoms with Crippen LogP contribution in [0.3, 0.4) is 0 Å². The number of hydrogen-bond donors (Lipinski definition) is 1. The van der Waals surface area contributed by atoms with Crippen LogP contribution in [-0.4, -0.2) is 49.9 Å². The summed E-state index contributed by atoms with van der Waals surface area (Å²) in [6.45, 7) is 4.20. The quantitative estimate of drug-likeness (QED) is 0.264. The second-order valence-corrected chi connectivity index (χ2v) is 9.59. The van der Waals surface area contributed by atoms with Crippen LogP contribution >= 0.6 is 11.6 Å². The maximum absolute atomic E-state index is 14.7. The fourth-order valence-corrected chi connectivity index (χ4v) is 4.62. The largest absolute Gasteiger partial charge is 1.00 e. The molecule has 3 aromatic carbocycles. The normalized spacial score (nSPS) is 14.5. The number of rotatable bonds is 7. The Hall–Kier alpha value is -1.52. The van der Waals surface area contributed by atoms with Crippen molar-refractivity contribution in [3.8, 4) is 28.0 Å². The van der Waals surface area contributed by atoms with Gasteiger partial charge in [-0.15, -0.1) is 0 Å². The van der Waals surface area contributed by atoms with Crippen LogP contribution in [-0.2, 0) is 17.4 Å². The van der Waals surface area contributed by atoms with Gasteiger partial charge < -0.3 is 27.5 Å². The molecule has 5 nitrogen and oxygen atoms in total. The molecule has 3 aromatic rings. The maximum atomic E-state index is 14.7. The van der Waals surface area contributed by atoms with Gasteiger partial charge in [0.1, 0.15) is 11.6 Å². The van der Waals surface area contributed by atoms with Crippen molar-refractivity contribution >= 4 is 42.0 Å². The summed E-state index contributed by atoms with van der Waals surface area (Å²) in [7, 11) is 3.69. The van der Waals surface area contributed by atoms with E-state index < -0.39 is 5.82 Å². The van der Waals surface area contributed by atoms with E-state index in [-0.39, 0.29) is 57.1 Å². The zero-order chi connectivity index (χ0) is 27.1. The molecule has 1 saturated heterocycles. The topological polar surface area (TPSA) is 47.0 Å². The fourth-order valence-electron chi connectivity index (χ4n) is 4.34.